The van der Waals surface area contributed by atoms with Crippen LogP contribution in [0.15, 0.2) is 18.3 Å². The molecule has 1 N–H and O–H groups in total. The predicted octanol–water partition coefficient (Wildman–Crippen LogP) is 1.13. The largest absolute Gasteiger partial charge is 0.386 e. The summed E-state index contributed by atoms with van der Waals surface area (Å²) in [7, 11) is 3.42. The Kier molecular flexibility index (Phi) is 3.75. The van der Waals surface area contributed by atoms with Crippen molar-refractivity contribution in [2.75, 3.05) is 32.1 Å². The van der Waals surface area contributed by atoms with E-state index < -0.39 is 5.60 Å². The minimum Gasteiger partial charge on any atom is -0.386 e. The van der Waals surface area contributed by atoms with Crippen LogP contribution in [0.4, 0.5) is 5.69 Å². The van der Waals surface area contributed by atoms with E-state index in [1.165, 1.54) is 4.90 Å². The standard InChI is InChI=1S/C14H21N3O2/c1-4-6-14(19)9-17(10-14)11-5-7-15-12(8-11)13(18)16(2)3/h5,7-8,19H,4,6,9-10H2,1-3H3. The van der Waals surface area contributed by atoms with E-state index in [9.17, 15) is 9.90 Å². The third kappa shape index (κ3) is 2.87. The lowest BCUT2D eigenvalue weighted by molar-refractivity contribution is 0.00339. The molecule has 1 aliphatic heterocycles. The SMILES string of the molecule is CCCC1(O)CN(c2ccnc(C(=O)N(C)C)c2)C1. The van der Waals surface area contributed by atoms with Crippen molar-refractivity contribution >= 4 is 11.6 Å². The van der Waals surface area contributed by atoms with E-state index in [0.29, 0.717) is 18.8 Å². The third-order valence-electron chi connectivity index (χ3n) is 3.42. The Morgan fingerprint density at radius 2 is 2.21 bits per heavy atom. The second kappa shape index (κ2) is 5.17. The normalized spacial score (nSPS) is 16.9. The fourth-order valence-electron chi connectivity index (χ4n) is 2.43. The van der Waals surface area contributed by atoms with Crippen LogP contribution in [0, 0.1) is 0 Å². The number of aliphatic hydroxyl groups is 1. The van der Waals surface area contributed by atoms with Gasteiger partial charge in [-0.25, -0.2) is 0 Å². The Morgan fingerprint density at radius 3 is 2.79 bits per heavy atom. The van der Waals surface area contributed by atoms with E-state index >= 15 is 0 Å². The highest BCUT2D eigenvalue weighted by Gasteiger charge is 2.40. The molecular weight excluding hydrogens is 242 g/mol. The van der Waals surface area contributed by atoms with Gasteiger partial charge in [0.25, 0.3) is 5.91 Å². The molecule has 19 heavy (non-hydrogen) atoms. The van der Waals surface area contributed by atoms with E-state index in [1.807, 2.05) is 6.07 Å². The minimum absolute atomic E-state index is 0.105. The molecule has 1 aliphatic rings. The molecule has 0 unspecified atom stereocenters. The van der Waals surface area contributed by atoms with E-state index in [-0.39, 0.29) is 5.91 Å². The summed E-state index contributed by atoms with van der Waals surface area (Å²) in [5, 5.41) is 10.2. The number of aromatic nitrogens is 1. The Bertz CT molecular complexity index is 468. The Labute approximate surface area is 113 Å². The lowest BCUT2D eigenvalue weighted by Crippen LogP contribution is -2.62. The van der Waals surface area contributed by atoms with E-state index in [2.05, 4.69) is 16.8 Å². The van der Waals surface area contributed by atoms with Gasteiger partial charge in [-0.3, -0.25) is 9.78 Å². The van der Waals surface area contributed by atoms with Gasteiger partial charge in [0.1, 0.15) is 5.69 Å². The van der Waals surface area contributed by atoms with Crippen LogP contribution in [0.2, 0.25) is 0 Å². The number of hydrogen-bond donors (Lipinski definition) is 1. The molecular formula is C14H21N3O2. The van der Waals surface area contributed by atoms with Gasteiger partial charge < -0.3 is 14.9 Å². The minimum atomic E-state index is -0.566. The smallest absolute Gasteiger partial charge is 0.272 e. The molecule has 2 rings (SSSR count). The second-order valence-corrected chi connectivity index (χ2v) is 5.43. The maximum absolute atomic E-state index is 11.9. The molecule has 1 aromatic rings. The van der Waals surface area contributed by atoms with E-state index in [1.54, 1.807) is 26.4 Å². The number of carbonyl (C=O) groups excluding carboxylic acids is 1. The lowest BCUT2D eigenvalue weighted by Gasteiger charge is -2.48. The number of anilines is 1. The van der Waals surface area contributed by atoms with Crippen molar-refractivity contribution in [1.29, 1.82) is 0 Å². The van der Waals surface area contributed by atoms with Crippen LogP contribution < -0.4 is 4.90 Å². The molecule has 0 aromatic carbocycles. The number of nitrogens with zero attached hydrogens (tertiary/aromatic N) is 3. The maximum Gasteiger partial charge on any atom is 0.272 e. The summed E-state index contributed by atoms with van der Waals surface area (Å²) in [5.74, 6) is -0.105. The molecule has 0 saturated carbocycles. The fraction of sp³-hybridized carbons (Fsp3) is 0.571. The zero-order valence-corrected chi connectivity index (χ0v) is 11.8. The predicted molar refractivity (Wildman–Crippen MR) is 74.3 cm³/mol. The van der Waals surface area contributed by atoms with Crippen molar-refractivity contribution in [3.8, 4) is 0 Å². The van der Waals surface area contributed by atoms with Gasteiger partial charge >= 0.3 is 0 Å². The van der Waals surface area contributed by atoms with Gasteiger partial charge in [-0.15, -0.1) is 0 Å². The van der Waals surface area contributed by atoms with E-state index in [0.717, 1.165) is 18.5 Å². The molecule has 5 nitrogen and oxygen atoms in total. The zero-order chi connectivity index (χ0) is 14.0. The molecule has 0 spiro atoms. The number of pyridine rings is 1. The first kappa shape index (κ1) is 13.8. The maximum atomic E-state index is 11.9. The molecule has 0 radical (unpaired) electrons. The van der Waals surface area contributed by atoms with Crippen LogP contribution in [0.25, 0.3) is 0 Å². The number of hydrogen-bond acceptors (Lipinski definition) is 4. The van der Waals surface area contributed by atoms with Crippen LogP contribution >= 0.6 is 0 Å². The average molecular weight is 263 g/mol. The number of carbonyl (C=O) groups is 1. The number of amides is 1. The fourth-order valence-corrected chi connectivity index (χ4v) is 2.43. The summed E-state index contributed by atoms with van der Waals surface area (Å²) < 4.78 is 0. The molecule has 104 valence electrons. The van der Waals surface area contributed by atoms with Gasteiger partial charge in [0.2, 0.25) is 0 Å². The van der Waals surface area contributed by atoms with Crippen LogP contribution in [0.1, 0.15) is 30.3 Å². The van der Waals surface area contributed by atoms with Crippen LogP contribution in [0.3, 0.4) is 0 Å². The van der Waals surface area contributed by atoms with Gasteiger partial charge in [0, 0.05) is 39.1 Å². The highest BCUT2D eigenvalue weighted by atomic mass is 16.3. The molecule has 1 fully saturated rings. The van der Waals surface area contributed by atoms with Gasteiger partial charge in [-0.1, -0.05) is 13.3 Å². The second-order valence-electron chi connectivity index (χ2n) is 5.43. The van der Waals surface area contributed by atoms with Crippen molar-refractivity contribution in [3.05, 3.63) is 24.0 Å². The molecule has 0 bridgehead atoms. The number of rotatable bonds is 4. The highest BCUT2D eigenvalue weighted by molar-refractivity contribution is 5.92. The Balaban J connectivity index is 2.07. The topological polar surface area (TPSA) is 56.7 Å². The highest BCUT2D eigenvalue weighted by Crippen LogP contribution is 2.30. The molecule has 5 heteroatoms. The Hall–Kier alpha value is -1.62. The van der Waals surface area contributed by atoms with E-state index in [4.69, 9.17) is 0 Å². The van der Waals surface area contributed by atoms with Crippen molar-refractivity contribution < 1.29 is 9.90 Å². The first-order valence-corrected chi connectivity index (χ1v) is 6.60. The average Bonchev–Trinajstić information content (AvgIpc) is 2.35. The van der Waals surface area contributed by atoms with Crippen LogP contribution in [-0.2, 0) is 0 Å². The number of β-amino-alcohol motifs (C(OH)–C–C–N with tert-alkyl or cyclic N) is 1. The third-order valence-corrected chi connectivity index (χ3v) is 3.42. The van der Waals surface area contributed by atoms with Crippen LogP contribution in [0.5, 0.6) is 0 Å². The van der Waals surface area contributed by atoms with Crippen molar-refractivity contribution in [1.82, 2.24) is 9.88 Å². The molecule has 0 aliphatic carbocycles. The van der Waals surface area contributed by atoms with Crippen LogP contribution in [-0.4, -0.2) is 53.7 Å². The summed E-state index contributed by atoms with van der Waals surface area (Å²) in [6.45, 7) is 3.32. The summed E-state index contributed by atoms with van der Waals surface area (Å²) in [6.07, 6.45) is 3.44. The monoisotopic (exact) mass is 263 g/mol. The summed E-state index contributed by atoms with van der Waals surface area (Å²) >= 11 is 0. The van der Waals surface area contributed by atoms with Crippen molar-refractivity contribution in [2.24, 2.45) is 0 Å². The van der Waals surface area contributed by atoms with Crippen molar-refractivity contribution in [2.45, 2.75) is 25.4 Å². The molecule has 0 atom stereocenters. The molecule has 1 saturated heterocycles. The van der Waals surface area contributed by atoms with Gasteiger partial charge in [0.05, 0.1) is 5.60 Å². The van der Waals surface area contributed by atoms with Gasteiger partial charge in [-0.2, -0.15) is 0 Å². The van der Waals surface area contributed by atoms with Gasteiger partial charge in [0.15, 0.2) is 0 Å². The first-order valence-electron chi connectivity index (χ1n) is 6.60. The first-order chi connectivity index (χ1) is 8.95. The molecule has 1 amide bonds. The quantitative estimate of drug-likeness (QED) is 0.885. The summed E-state index contributed by atoms with van der Waals surface area (Å²) in [4.78, 5) is 19.5. The Morgan fingerprint density at radius 1 is 1.53 bits per heavy atom. The molecule has 2 heterocycles. The van der Waals surface area contributed by atoms with Gasteiger partial charge in [-0.05, 0) is 18.6 Å². The summed E-state index contributed by atoms with van der Waals surface area (Å²) in [5.41, 5.74) is 0.818. The summed E-state index contributed by atoms with van der Waals surface area (Å²) in [6, 6.07) is 3.66. The van der Waals surface area contributed by atoms with Crippen molar-refractivity contribution in [3.63, 3.8) is 0 Å². The lowest BCUT2D eigenvalue weighted by atomic mass is 9.89. The zero-order valence-electron chi connectivity index (χ0n) is 11.8. The molecule has 1 aromatic heterocycles.